The molecule has 1 rings (SSSR count). The third kappa shape index (κ3) is 4.92. The quantitative estimate of drug-likeness (QED) is 0.804. The SMILES string of the molecule is COc1cccc(CC(C[Si](C)(C)C)C(=O)O)c1. The van der Waals surface area contributed by atoms with Gasteiger partial charge in [0.2, 0.25) is 0 Å². The highest BCUT2D eigenvalue weighted by Gasteiger charge is 2.25. The van der Waals surface area contributed by atoms with Crippen molar-refractivity contribution < 1.29 is 14.6 Å². The molecule has 0 amide bonds. The molecular weight excluding hydrogens is 244 g/mol. The van der Waals surface area contributed by atoms with Gasteiger partial charge in [-0.2, -0.15) is 0 Å². The molecule has 3 nitrogen and oxygen atoms in total. The van der Waals surface area contributed by atoms with E-state index in [1.807, 2.05) is 24.3 Å². The van der Waals surface area contributed by atoms with Gasteiger partial charge < -0.3 is 9.84 Å². The van der Waals surface area contributed by atoms with Crippen LogP contribution in [0.2, 0.25) is 25.7 Å². The Balaban J connectivity index is 2.80. The summed E-state index contributed by atoms with van der Waals surface area (Å²) < 4.78 is 5.16. The fourth-order valence-corrected chi connectivity index (χ4v) is 3.87. The Kier molecular flexibility index (Phi) is 4.96. The third-order valence-electron chi connectivity index (χ3n) is 2.82. The van der Waals surface area contributed by atoms with E-state index >= 15 is 0 Å². The molecule has 0 heterocycles. The van der Waals surface area contributed by atoms with E-state index in [1.165, 1.54) is 0 Å². The average Bonchev–Trinajstić information content (AvgIpc) is 2.26. The Morgan fingerprint density at radius 3 is 2.56 bits per heavy atom. The molecule has 0 spiro atoms. The van der Waals surface area contributed by atoms with Crippen molar-refractivity contribution in [3.05, 3.63) is 29.8 Å². The number of hydrogen-bond acceptors (Lipinski definition) is 2. The largest absolute Gasteiger partial charge is 0.497 e. The van der Waals surface area contributed by atoms with Gasteiger partial charge in [0.05, 0.1) is 13.0 Å². The van der Waals surface area contributed by atoms with Crippen LogP contribution >= 0.6 is 0 Å². The van der Waals surface area contributed by atoms with Crippen LogP contribution in [0, 0.1) is 5.92 Å². The fraction of sp³-hybridized carbons (Fsp3) is 0.500. The fourth-order valence-electron chi connectivity index (χ4n) is 2.07. The number of aliphatic carboxylic acids is 1. The van der Waals surface area contributed by atoms with Crippen molar-refractivity contribution in [3.63, 3.8) is 0 Å². The Labute approximate surface area is 110 Å². The van der Waals surface area contributed by atoms with Gasteiger partial charge in [0.25, 0.3) is 0 Å². The van der Waals surface area contributed by atoms with E-state index in [9.17, 15) is 9.90 Å². The lowest BCUT2D eigenvalue weighted by Gasteiger charge is -2.21. The normalized spacial score (nSPS) is 13.1. The van der Waals surface area contributed by atoms with Gasteiger partial charge in [-0.05, 0) is 30.2 Å². The summed E-state index contributed by atoms with van der Waals surface area (Å²) in [4.78, 5) is 11.3. The number of hydrogen-bond donors (Lipinski definition) is 1. The van der Waals surface area contributed by atoms with Crippen molar-refractivity contribution in [2.24, 2.45) is 5.92 Å². The summed E-state index contributed by atoms with van der Waals surface area (Å²) in [5.41, 5.74) is 1.03. The summed E-state index contributed by atoms with van der Waals surface area (Å²) in [7, 11) is 0.250. The molecule has 1 N–H and O–H groups in total. The second-order valence-corrected chi connectivity index (χ2v) is 11.4. The predicted molar refractivity (Wildman–Crippen MR) is 76.0 cm³/mol. The Bertz CT molecular complexity index is 410. The summed E-state index contributed by atoms with van der Waals surface area (Å²) >= 11 is 0. The molecule has 0 saturated heterocycles. The molecule has 1 aromatic carbocycles. The summed E-state index contributed by atoms with van der Waals surface area (Å²) in [5, 5.41) is 9.32. The lowest BCUT2D eigenvalue weighted by atomic mass is 10.0. The number of ether oxygens (including phenoxy) is 1. The minimum atomic E-state index is -1.37. The molecule has 0 aliphatic rings. The highest BCUT2D eigenvalue weighted by Crippen LogP contribution is 2.23. The van der Waals surface area contributed by atoms with Crippen LogP contribution < -0.4 is 4.74 Å². The molecule has 0 aromatic heterocycles. The first-order valence-electron chi connectivity index (χ1n) is 6.17. The summed E-state index contributed by atoms with van der Waals surface area (Å²) in [6, 6.07) is 8.46. The van der Waals surface area contributed by atoms with Crippen LogP contribution in [0.1, 0.15) is 5.56 Å². The first-order valence-corrected chi connectivity index (χ1v) is 9.88. The first kappa shape index (κ1) is 14.8. The molecule has 1 aromatic rings. The minimum Gasteiger partial charge on any atom is -0.497 e. The van der Waals surface area contributed by atoms with Crippen LogP contribution in [0.25, 0.3) is 0 Å². The molecule has 100 valence electrons. The smallest absolute Gasteiger partial charge is 0.306 e. The topological polar surface area (TPSA) is 46.5 Å². The van der Waals surface area contributed by atoms with E-state index < -0.39 is 14.0 Å². The first-order chi connectivity index (χ1) is 8.31. The van der Waals surface area contributed by atoms with E-state index in [0.717, 1.165) is 17.4 Å². The van der Waals surface area contributed by atoms with Gasteiger partial charge in [0.1, 0.15) is 5.75 Å². The van der Waals surface area contributed by atoms with Gasteiger partial charge in [0, 0.05) is 8.07 Å². The maximum absolute atomic E-state index is 11.3. The minimum absolute atomic E-state index is 0.288. The van der Waals surface area contributed by atoms with Crippen molar-refractivity contribution in [2.45, 2.75) is 32.1 Å². The zero-order chi connectivity index (χ0) is 13.8. The lowest BCUT2D eigenvalue weighted by Crippen LogP contribution is -2.29. The van der Waals surface area contributed by atoms with Gasteiger partial charge in [0.15, 0.2) is 0 Å². The van der Waals surface area contributed by atoms with Crippen molar-refractivity contribution in [1.29, 1.82) is 0 Å². The molecule has 0 bridgehead atoms. The molecular formula is C14H22O3Si. The standard InChI is InChI=1S/C14H22O3Si/c1-17-13-7-5-6-11(9-13)8-12(14(15)16)10-18(2,3)4/h5-7,9,12H,8,10H2,1-4H3,(H,15,16). The van der Waals surface area contributed by atoms with Gasteiger partial charge in [-0.3, -0.25) is 4.79 Å². The van der Waals surface area contributed by atoms with Crippen LogP contribution in [0.15, 0.2) is 24.3 Å². The highest BCUT2D eigenvalue weighted by atomic mass is 28.3. The maximum atomic E-state index is 11.3. The van der Waals surface area contributed by atoms with Gasteiger partial charge in [-0.1, -0.05) is 31.8 Å². The van der Waals surface area contributed by atoms with E-state index in [4.69, 9.17) is 4.74 Å². The summed E-state index contributed by atoms with van der Waals surface area (Å²) in [6.45, 7) is 6.61. The third-order valence-corrected chi connectivity index (χ3v) is 4.54. The zero-order valence-electron chi connectivity index (χ0n) is 11.6. The van der Waals surface area contributed by atoms with Crippen molar-refractivity contribution >= 4 is 14.0 Å². The molecule has 4 heteroatoms. The Hall–Kier alpha value is -1.29. The van der Waals surface area contributed by atoms with Crippen molar-refractivity contribution in [2.75, 3.05) is 7.11 Å². The number of methoxy groups -OCH3 is 1. The molecule has 18 heavy (non-hydrogen) atoms. The lowest BCUT2D eigenvalue weighted by molar-refractivity contribution is -0.141. The molecule has 0 fully saturated rings. The maximum Gasteiger partial charge on any atom is 0.306 e. The van der Waals surface area contributed by atoms with Crippen LogP contribution in [0.5, 0.6) is 5.75 Å². The number of carboxylic acids is 1. The van der Waals surface area contributed by atoms with Gasteiger partial charge >= 0.3 is 5.97 Å². The molecule has 0 aliphatic heterocycles. The van der Waals surface area contributed by atoms with E-state index in [1.54, 1.807) is 7.11 Å². The van der Waals surface area contributed by atoms with Crippen LogP contribution in [0.4, 0.5) is 0 Å². The number of benzene rings is 1. The van der Waals surface area contributed by atoms with Gasteiger partial charge in [-0.25, -0.2) is 0 Å². The Morgan fingerprint density at radius 2 is 2.06 bits per heavy atom. The number of rotatable bonds is 6. The van der Waals surface area contributed by atoms with Crippen molar-refractivity contribution in [1.82, 2.24) is 0 Å². The van der Waals surface area contributed by atoms with Crippen LogP contribution in [0.3, 0.4) is 0 Å². The molecule has 0 saturated carbocycles. The second kappa shape index (κ2) is 6.04. The second-order valence-electron chi connectivity index (χ2n) is 5.86. The van der Waals surface area contributed by atoms with E-state index in [0.29, 0.717) is 6.42 Å². The van der Waals surface area contributed by atoms with Gasteiger partial charge in [-0.15, -0.1) is 0 Å². The van der Waals surface area contributed by atoms with Crippen LogP contribution in [-0.4, -0.2) is 26.3 Å². The average molecular weight is 266 g/mol. The predicted octanol–water partition coefficient (Wildman–Crippen LogP) is 3.28. The summed E-state index contributed by atoms with van der Waals surface area (Å²) in [5.74, 6) is -0.200. The number of carbonyl (C=O) groups is 1. The highest BCUT2D eigenvalue weighted by molar-refractivity contribution is 6.76. The zero-order valence-corrected chi connectivity index (χ0v) is 12.6. The van der Waals surface area contributed by atoms with Crippen LogP contribution in [-0.2, 0) is 11.2 Å². The van der Waals surface area contributed by atoms with E-state index in [-0.39, 0.29) is 5.92 Å². The van der Waals surface area contributed by atoms with E-state index in [2.05, 4.69) is 19.6 Å². The molecule has 1 unspecified atom stereocenters. The Morgan fingerprint density at radius 1 is 1.39 bits per heavy atom. The number of carboxylic acid groups (broad SMARTS) is 1. The molecule has 0 radical (unpaired) electrons. The summed E-state index contributed by atoms with van der Waals surface area (Å²) in [6.07, 6.45) is 0.580. The molecule has 1 atom stereocenters. The van der Waals surface area contributed by atoms with Crippen molar-refractivity contribution in [3.8, 4) is 5.75 Å². The molecule has 0 aliphatic carbocycles. The monoisotopic (exact) mass is 266 g/mol.